The van der Waals surface area contributed by atoms with Gasteiger partial charge in [-0.15, -0.1) is 11.1 Å². The number of fused-ring (bicyclic) bond motifs is 2. The number of halogens is 2. The van der Waals surface area contributed by atoms with Gasteiger partial charge in [0.25, 0.3) is 0 Å². The maximum atomic E-state index is 5.39. The van der Waals surface area contributed by atoms with Crippen molar-refractivity contribution >= 4 is 20.9 Å². The van der Waals surface area contributed by atoms with Gasteiger partial charge in [-0.2, -0.15) is 45.6 Å². The Labute approximate surface area is 180 Å². The number of hydrogen-bond donors (Lipinski definition) is 0. The molecule has 0 aromatic heterocycles. The Kier molecular flexibility index (Phi) is 9.45. The van der Waals surface area contributed by atoms with E-state index in [1.54, 1.807) is 11.1 Å². The van der Waals surface area contributed by atoms with E-state index in [2.05, 4.69) is 52.0 Å². The van der Waals surface area contributed by atoms with E-state index in [9.17, 15) is 0 Å². The van der Waals surface area contributed by atoms with E-state index in [1.165, 1.54) is 72.0 Å². The molecule has 0 fully saturated rings. The summed E-state index contributed by atoms with van der Waals surface area (Å²) in [5, 5.41) is 0. The molecule has 0 aromatic rings. The van der Waals surface area contributed by atoms with Crippen LogP contribution >= 0.6 is 17.2 Å². The molecule has 146 valence electrons. The minimum absolute atomic E-state index is 1.24. The van der Waals surface area contributed by atoms with Gasteiger partial charge in [0.2, 0.25) is 0 Å². The molecule has 0 bridgehead atoms. The third kappa shape index (κ3) is 6.94. The fourth-order valence-electron chi connectivity index (χ4n) is 3.78. The number of rotatable bonds is 0. The topological polar surface area (TPSA) is 0 Å². The van der Waals surface area contributed by atoms with Crippen molar-refractivity contribution in [1.29, 1.82) is 0 Å². The van der Waals surface area contributed by atoms with Gasteiger partial charge in [-0.1, -0.05) is 40.5 Å². The Hall–Kier alpha value is -0.240. The van der Waals surface area contributed by atoms with Gasteiger partial charge in [-0.05, 0) is 25.7 Å². The quantitative estimate of drug-likeness (QED) is 0.205. The Morgan fingerprint density at radius 1 is 0.778 bits per heavy atom. The predicted molar refractivity (Wildman–Crippen MR) is 118 cm³/mol. The van der Waals surface area contributed by atoms with Crippen LogP contribution in [0.25, 0.3) is 0 Å². The first kappa shape index (κ1) is 23.0. The molecule has 0 aromatic carbocycles. The van der Waals surface area contributed by atoms with Crippen molar-refractivity contribution in [3.05, 3.63) is 68.9 Å². The van der Waals surface area contributed by atoms with Crippen LogP contribution in [0.4, 0.5) is 0 Å². The molecule has 0 saturated heterocycles. The van der Waals surface area contributed by atoms with Crippen LogP contribution in [-0.4, -0.2) is 3.76 Å². The Morgan fingerprint density at radius 2 is 1.15 bits per heavy atom. The number of hydrogen-bond acceptors (Lipinski definition) is 0. The standard InChI is InChI=1S/2C11H13.C2H4.2ClH.Hf/c2*1-8-6-10-5-3-4-9(2)11(10)7-8;1-2;;;/h2*7H,3-5H2,1-2H3;1H,2H3;2*1H;/q2*-1;;;;+2/p-2. The summed E-state index contributed by atoms with van der Waals surface area (Å²) in [5.41, 5.74) is 11.6. The molecule has 4 aliphatic carbocycles. The van der Waals surface area contributed by atoms with Crippen LogP contribution < -0.4 is 0 Å². The van der Waals surface area contributed by atoms with Gasteiger partial charge in [0.05, 0.1) is 0 Å². The van der Waals surface area contributed by atoms with Gasteiger partial charge in [0.1, 0.15) is 0 Å². The zero-order valence-electron chi connectivity index (χ0n) is 17.2. The average Bonchev–Trinajstić information content (AvgIpc) is 3.19. The van der Waals surface area contributed by atoms with Crippen molar-refractivity contribution in [2.45, 2.75) is 73.1 Å². The van der Waals surface area contributed by atoms with E-state index in [0.29, 0.717) is 0 Å². The van der Waals surface area contributed by atoms with Crippen LogP contribution in [0.15, 0.2) is 56.7 Å². The first-order valence-electron chi connectivity index (χ1n) is 9.81. The molecule has 0 aliphatic heterocycles. The molecule has 0 spiro atoms. The molecule has 0 amide bonds. The normalized spacial score (nSPS) is 20.1. The fraction of sp³-hybridized carbons (Fsp3) is 0.458. The summed E-state index contributed by atoms with van der Waals surface area (Å²) in [7, 11) is 10.8. The molecule has 3 heteroatoms. The summed E-state index contributed by atoms with van der Waals surface area (Å²) in [6.07, 6.45) is 19.0. The summed E-state index contributed by atoms with van der Waals surface area (Å²) >= 11 is -1.88. The van der Waals surface area contributed by atoms with Gasteiger partial charge in [-0.25, -0.2) is 12.2 Å². The van der Waals surface area contributed by atoms with E-state index in [1.807, 2.05) is 10.7 Å². The monoisotopic (exact) mass is 568 g/mol. The van der Waals surface area contributed by atoms with E-state index in [-0.39, 0.29) is 0 Å². The average molecular weight is 568 g/mol. The second-order valence-corrected chi connectivity index (χ2v) is 19.9. The molecule has 4 rings (SSSR count). The molecule has 27 heavy (non-hydrogen) atoms. The zero-order valence-corrected chi connectivity index (χ0v) is 22.3. The van der Waals surface area contributed by atoms with Crippen LogP contribution in [0, 0.1) is 12.2 Å². The summed E-state index contributed by atoms with van der Waals surface area (Å²) in [6.45, 7) is 10.6. The molecule has 0 nitrogen and oxygen atoms in total. The van der Waals surface area contributed by atoms with Crippen molar-refractivity contribution in [2.75, 3.05) is 0 Å². The molecule has 0 radical (unpaired) electrons. The molecular weight excluding hydrogens is 538 g/mol. The SMILES string of the molecule is CC1=CC2=C(C)CCCC2=[C-]1.CC1=CC2=C(C)CCCC2=[C-]1.C[CH]=[Hf]([Cl])[Cl]. The molecule has 4 aliphatic rings. The predicted octanol–water partition coefficient (Wildman–Crippen LogP) is 8.09. The summed E-state index contributed by atoms with van der Waals surface area (Å²) in [6, 6.07) is 0. The third-order valence-electron chi connectivity index (χ3n) is 5.16. The molecule has 0 heterocycles. The Morgan fingerprint density at radius 3 is 1.44 bits per heavy atom. The van der Waals surface area contributed by atoms with Gasteiger partial charge in [0, 0.05) is 0 Å². The minimum atomic E-state index is -1.88. The van der Waals surface area contributed by atoms with Gasteiger partial charge in [0.15, 0.2) is 0 Å². The fourth-order valence-corrected chi connectivity index (χ4v) is 3.78. The van der Waals surface area contributed by atoms with Crippen LogP contribution in [0.5, 0.6) is 0 Å². The van der Waals surface area contributed by atoms with Crippen molar-refractivity contribution in [2.24, 2.45) is 0 Å². The van der Waals surface area contributed by atoms with Crippen LogP contribution in [0.1, 0.15) is 73.1 Å². The van der Waals surface area contributed by atoms with Crippen LogP contribution in [-0.2, 0) is 18.6 Å². The Balaban J connectivity index is 0.000000157. The van der Waals surface area contributed by atoms with Crippen molar-refractivity contribution in [3.8, 4) is 0 Å². The van der Waals surface area contributed by atoms with Crippen LogP contribution in [0.2, 0.25) is 0 Å². The van der Waals surface area contributed by atoms with Crippen molar-refractivity contribution in [1.82, 2.24) is 0 Å². The summed E-state index contributed by atoms with van der Waals surface area (Å²) in [4.78, 5) is 0. The molecular formula is C24H30Cl2Hf-2. The van der Waals surface area contributed by atoms with Gasteiger partial charge in [-0.3, -0.25) is 0 Å². The first-order chi connectivity index (χ1) is 12.8. The second kappa shape index (κ2) is 11.1. The molecule has 0 saturated carbocycles. The van der Waals surface area contributed by atoms with Gasteiger partial charge < -0.3 is 0 Å². The molecule has 0 atom stereocenters. The van der Waals surface area contributed by atoms with Crippen molar-refractivity contribution < 1.29 is 18.6 Å². The number of allylic oxidation sites excluding steroid dienone is 12. The van der Waals surface area contributed by atoms with Crippen molar-refractivity contribution in [3.63, 3.8) is 0 Å². The third-order valence-corrected chi connectivity index (χ3v) is 10.3. The first-order valence-corrected chi connectivity index (χ1v) is 20.8. The van der Waals surface area contributed by atoms with Crippen LogP contribution in [0.3, 0.4) is 0 Å². The van der Waals surface area contributed by atoms with Gasteiger partial charge >= 0.3 is 46.4 Å². The molecule has 0 unspecified atom stereocenters. The summed E-state index contributed by atoms with van der Waals surface area (Å²) < 4.78 is 1.91. The Bertz CT molecular complexity index is 734. The van der Waals surface area contributed by atoms with E-state index in [0.717, 1.165) is 0 Å². The van der Waals surface area contributed by atoms with E-state index >= 15 is 0 Å². The van der Waals surface area contributed by atoms with E-state index < -0.39 is 18.6 Å². The van der Waals surface area contributed by atoms with E-state index in [4.69, 9.17) is 17.2 Å². The molecule has 0 N–H and O–H groups in total. The maximum absolute atomic E-state index is 5.39. The second-order valence-electron chi connectivity index (χ2n) is 7.54. The zero-order chi connectivity index (χ0) is 20.0. The summed E-state index contributed by atoms with van der Waals surface area (Å²) in [5.74, 6) is 0.